The minimum atomic E-state index is 0.522. The molecule has 86 valence electrons. The minimum Gasteiger partial charge on any atom is -0.265 e. The predicted molar refractivity (Wildman–Crippen MR) is 66.3 cm³/mol. The third kappa shape index (κ3) is 2.06. The van der Waals surface area contributed by atoms with Gasteiger partial charge in [0.1, 0.15) is 11.4 Å². The molecule has 5 heteroatoms. The summed E-state index contributed by atoms with van der Waals surface area (Å²) in [6.45, 7) is 0. The molecule has 0 aliphatic carbocycles. The Kier molecular flexibility index (Phi) is 2.71. The number of hydrogen-bond acceptors (Lipinski definition) is 5. The summed E-state index contributed by atoms with van der Waals surface area (Å²) >= 11 is 0. The van der Waals surface area contributed by atoms with E-state index >= 15 is 0 Å². The summed E-state index contributed by atoms with van der Waals surface area (Å²) in [6, 6.07) is 9.33. The molecule has 0 unspecified atom stereocenters. The lowest BCUT2D eigenvalue weighted by atomic mass is 10.2. The molecule has 0 aliphatic rings. The zero-order valence-corrected chi connectivity index (χ0v) is 9.43. The van der Waals surface area contributed by atoms with Gasteiger partial charge in [-0.05, 0) is 24.3 Å². The minimum absolute atomic E-state index is 0.522. The van der Waals surface area contributed by atoms with Gasteiger partial charge in [0.25, 0.3) is 0 Å². The van der Waals surface area contributed by atoms with Crippen LogP contribution in [-0.2, 0) is 0 Å². The maximum absolute atomic E-state index is 4.27. The standard InChI is InChI=1S/C13H9N5/c1-2-6-15-11(3-1)13-16-9-12(17-18-13)10-4-7-14-8-5-10/h1-9H. The maximum Gasteiger partial charge on any atom is 0.200 e. The topological polar surface area (TPSA) is 64.5 Å². The largest absolute Gasteiger partial charge is 0.265 e. The van der Waals surface area contributed by atoms with Crippen molar-refractivity contribution in [2.45, 2.75) is 0 Å². The van der Waals surface area contributed by atoms with Gasteiger partial charge in [0, 0.05) is 24.2 Å². The molecule has 0 aromatic carbocycles. The van der Waals surface area contributed by atoms with Gasteiger partial charge in [0.15, 0.2) is 5.82 Å². The fourth-order valence-electron chi connectivity index (χ4n) is 1.54. The van der Waals surface area contributed by atoms with Crippen molar-refractivity contribution in [2.75, 3.05) is 0 Å². The first kappa shape index (κ1) is 10.5. The van der Waals surface area contributed by atoms with E-state index in [0.29, 0.717) is 11.5 Å². The van der Waals surface area contributed by atoms with Crippen molar-refractivity contribution < 1.29 is 0 Å². The first-order chi connectivity index (χ1) is 8.93. The first-order valence-corrected chi connectivity index (χ1v) is 5.45. The molecule has 3 aromatic heterocycles. The lowest BCUT2D eigenvalue weighted by molar-refractivity contribution is 0.977. The lowest BCUT2D eigenvalue weighted by Crippen LogP contribution is -1.95. The van der Waals surface area contributed by atoms with Gasteiger partial charge in [-0.1, -0.05) is 6.07 Å². The van der Waals surface area contributed by atoms with Crippen LogP contribution in [0.4, 0.5) is 0 Å². The van der Waals surface area contributed by atoms with E-state index in [2.05, 4.69) is 25.1 Å². The molecule has 18 heavy (non-hydrogen) atoms. The van der Waals surface area contributed by atoms with Crippen LogP contribution >= 0.6 is 0 Å². The Morgan fingerprint density at radius 1 is 0.722 bits per heavy atom. The average Bonchev–Trinajstić information content (AvgIpc) is 2.49. The van der Waals surface area contributed by atoms with Crippen LogP contribution in [0.1, 0.15) is 0 Å². The number of hydrogen-bond donors (Lipinski definition) is 0. The van der Waals surface area contributed by atoms with Gasteiger partial charge < -0.3 is 0 Å². The van der Waals surface area contributed by atoms with Crippen LogP contribution in [0.3, 0.4) is 0 Å². The van der Waals surface area contributed by atoms with Gasteiger partial charge in [-0.25, -0.2) is 4.98 Å². The molecular weight excluding hydrogens is 226 g/mol. The Labute approximate surface area is 104 Å². The van der Waals surface area contributed by atoms with Gasteiger partial charge in [0.2, 0.25) is 0 Å². The van der Waals surface area contributed by atoms with Crippen molar-refractivity contribution in [3.05, 3.63) is 55.1 Å². The zero-order chi connectivity index (χ0) is 12.2. The summed E-state index contributed by atoms with van der Waals surface area (Å²) in [5.41, 5.74) is 2.38. The highest BCUT2D eigenvalue weighted by Gasteiger charge is 2.04. The Morgan fingerprint density at radius 3 is 2.28 bits per heavy atom. The highest BCUT2D eigenvalue weighted by molar-refractivity contribution is 5.57. The van der Waals surface area contributed by atoms with Crippen LogP contribution in [0, 0.1) is 0 Å². The van der Waals surface area contributed by atoms with Crippen LogP contribution in [0.5, 0.6) is 0 Å². The second-order valence-corrected chi connectivity index (χ2v) is 3.62. The second-order valence-electron chi connectivity index (χ2n) is 3.62. The molecule has 0 radical (unpaired) electrons. The predicted octanol–water partition coefficient (Wildman–Crippen LogP) is 2.00. The van der Waals surface area contributed by atoms with E-state index in [0.717, 1.165) is 11.3 Å². The van der Waals surface area contributed by atoms with Crippen molar-refractivity contribution >= 4 is 0 Å². The molecule has 0 bridgehead atoms. The van der Waals surface area contributed by atoms with Crippen molar-refractivity contribution in [1.82, 2.24) is 25.1 Å². The van der Waals surface area contributed by atoms with E-state index < -0.39 is 0 Å². The van der Waals surface area contributed by atoms with Crippen LogP contribution in [0.15, 0.2) is 55.1 Å². The molecule has 0 saturated heterocycles. The highest BCUT2D eigenvalue weighted by Crippen LogP contribution is 2.15. The number of nitrogens with zero attached hydrogens (tertiary/aromatic N) is 5. The molecule has 0 N–H and O–H groups in total. The molecule has 0 saturated carbocycles. The Bertz CT molecular complexity index is 564. The van der Waals surface area contributed by atoms with Gasteiger partial charge in [-0.3, -0.25) is 9.97 Å². The second kappa shape index (κ2) is 4.67. The van der Waals surface area contributed by atoms with Crippen molar-refractivity contribution in [2.24, 2.45) is 0 Å². The number of pyridine rings is 2. The normalized spacial score (nSPS) is 10.2. The van der Waals surface area contributed by atoms with Crippen LogP contribution in [-0.4, -0.2) is 25.1 Å². The van der Waals surface area contributed by atoms with Crippen LogP contribution < -0.4 is 0 Å². The Morgan fingerprint density at radius 2 is 1.61 bits per heavy atom. The van der Waals surface area contributed by atoms with Crippen LogP contribution in [0.25, 0.3) is 22.8 Å². The van der Waals surface area contributed by atoms with E-state index in [4.69, 9.17) is 0 Å². The van der Waals surface area contributed by atoms with E-state index in [1.54, 1.807) is 24.8 Å². The Hall–Kier alpha value is -2.69. The molecule has 0 spiro atoms. The summed E-state index contributed by atoms with van der Waals surface area (Å²) in [5.74, 6) is 0.522. The van der Waals surface area contributed by atoms with E-state index in [-0.39, 0.29) is 0 Å². The molecular formula is C13H9N5. The lowest BCUT2D eigenvalue weighted by Gasteiger charge is -2.00. The van der Waals surface area contributed by atoms with Crippen molar-refractivity contribution in [1.29, 1.82) is 0 Å². The van der Waals surface area contributed by atoms with Crippen LogP contribution in [0.2, 0.25) is 0 Å². The first-order valence-electron chi connectivity index (χ1n) is 5.45. The third-order valence-corrected chi connectivity index (χ3v) is 2.43. The quantitative estimate of drug-likeness (QED) is 0.679. The summed E-state index contributed by atoms with van der Waals surface area (Å²) < 4.78 is 0. The number of aromatic nitrogens is 5. The van der Waals surface area contributed by atoms with E-state index in [1.165, 1.54) is 0 Å². The maximum atomic E-state index is 4.27. The summed E-state index contributed by atoms with van der Waals surface area (Å²) in [6.07, 6.45) is 6.81. The summed E-state index contributed by atoms with van der Waals surface area (Å²) in [5, 5.41) is 8.23. The monoisotopic (exact) mass is 235 g/mol. The zero-order valence-electron chi connectivity index (χ0n) is 9.43. The smallest absolute Gasteiger partial charge is 0.200 e. The molecule has 3 aromatic rings. The van der Waals surface area contributed by atoms with Gasteiger partial charge in [0.05, 0.1) is 6.20 Å². The number of rotatable bonds is 2. The van der Waals surface area contributed by atoms with E-state index in [9.17, 15) is 0 Å². The van der Waals surface area contributed by atoms with Gasteiger partial charge >= 0.3 is 0 Å². The summed E-state index contributed by atoms with van der Waals surface area (Å²) in [4.78, 5) is 12.4. The average molecular weight is 235 g/mol. The van der Waals surface area contributed by atoms with Crippen molar-refractivity contribution in [3.63, 3.8) is 0 Å². The molecule has 5 nitrogen and oxygen atoms in total. The fourth-order valence-corrected chi connectivity index (χ4v) is 1.54. The van der Waals surface area contributed by atoms with Gasteiger partial charge in [-0.15, -0.1) is 10.2 Å². The molecule has 0 aliphatic heterocycles. The van der Waals surface area contributed by atoms with Gasteiger partial charge in [-0.2, -0.15) is 0 Å². The fraction of sp³-hybridized carbons (Fsp3) is 0. The molecule has 0 atom stereocenters. The SMILES string of the molecule is c1ccc(-c2ncc(-c3ccncc3)nn2)nc1. The molecule has 0 fully saturated rings. The van der Waals surface area contributed by atoms with Crippen molar-refractivity contribution in [3.8, 4) is 22.8 Å². The summed E-state index contributed by atoms with van der Waals surface area (Å²) in [7, 11) is 0. The highest BCUT2D eigenvalue weighted by atomic mass is 15.2. The van der Waals surface area contributed by atoms with E-state index in [1.807, 2.05) is 30.3 Å². The third-order valence-electron chi connectivity index (χ3n) is 2.43. The molecule has 3 rings (SSSR count). The Balaban J connectivity index is 1.95. The molecule has 0 amide bonds. The molecule has 3 heterocycles.